The molecule has 1 atom stereocenters. The minimum atomic E-state index is 0.171. The third-order valence-corrected chi connectivity index (χ3v) is 7.72. The van der Waals surface area contributed by atoms with Crippen molar-refractivity contribution in [2.24, 2.45) is 5.92 Å². The van der Waals surface area contributed by atoms with E-state index in [-0.39, 0.29) is 5.92 Å². The van der Waals surface area contributed by atoms with Crippen LogP contribution in [0.25, 0.3) is 5.57 Å². The Balaban J connectivity index is 1.86. The monoisotopic (exact) mass is 441 g/mol. The minimum absolute atomic E-state index is 0.171. The Morgan fingerprint density at radius 1 is 1.16 bits per heavy atom. The number of fused-ring (bicyclic) bond motifs is 2. The SMILES string of the molecule is C=CC(C(C)=P)C1=C(CCC)C(=C)N2C/C(=C3\CCCc4c(C)ccc(C)c43)C(=C)C2=C1. The van der Waals surface area contributed by atoms with Crippen LogP contribution in [0.3, 0.4) is 0 Å². The van der Waals surface area contributed by atoms with Crippen molar-refractivity contribution >= 4 is 19.7 Å². The molecule has 0 bridgehead atoms. The number of hydrogen-bond acceptors (Lipinski definition) is 1. The Labute approximate surface area is 196 Å². The van der Waals surface area contributed by atoms with E-state index in [1.807, 2.05) is 6.08 Å². The predicted octanol–water partition coefficient (Wildman–Crippen LogP) is 7.91. The van der Waals surface area contributed by atoms with E-state index in [0.29, 0.717) is 0 Å². The fraction of sp³-hybridized carbons (Fsp3) is 0.367. The molecule has 0 radical (unpaired) electrons. The molecule has 1 unspecified atom stereocenters. The van der Waals surface area contributed by atoms with Gasteiger partial charge in [0.2, 0.25) is 0 Å². The first-order valence-electron chi connectivity index (χ1n) is 11.9. The van der Waals surface area contributed by atoms with Crippen LogP contribution in [-0.2, 0) is 6.42 Å². The van der Waals surface area contributed by atoms with Crippen molar-refractivity contribution in [3.63, 3.8) is 0 Å². The zero-order valence-corrected chi connectivity index (χ0v) is 21.2. The van der Waals surface area contributed by atoms with Crippen LogP contribution in [0.4, 0.5) is 0 Å². The Morgan fingerprint density at radius 2 is 1.88 bits per heavy atom. The number of allylic oxidation sites excluding steroid dienone is 6. The highest BCUT2D eigenvalue weighted by Crippen LogP contribution is 2.48. The topological polar surface area (TPSA) is 3.24 Å². The van der Waals surface area contributed by atoms with E-state index < -0.39 is 0 Å². The summed E-state index contributed by atoms with van der Waals surface area (Å²) in [5.41, 5.74) is 14.9. The van der Waals surface area contributed by atoms with Crippen molar-refractivity contribution in [1.82, 2.24) is 4.90 Å². The number of hydrogen-bond donors (Lipinski definition) is 0. The molecule has 3 aliphatic rings. The first kappa shape index (κ1) is 22.8. The summed E-state index contributed by atoms with van der Waals surface area (Å²) >= 11 is 0. The van der Waals surface area contributed by atoms with Crippen molar-refractivity contribution in [3.05, 3.63) is 100.0 Å². The lowest BCUT2D eigenvalue weighted by Gasteiger charge is -2.32. The molecule has 2 heteroatoms. The van der Waals surface area contributed by atoms with Gasteiger partial charge in [0.1, 0.15) is 0 Å². The summed E-state index contributed by atoms with van der Waals surface area (Å²) in [6.07, 6.45) is 10.0. The highest BCUT2D eigenvalue weighted by Gasteiger charge is 2.36. The second-order valence-corrected chi connectivity index (χ2v) is 10.3. The van der Waals surface area contributed by atoms with Crippen LogP contribution in [0.1, 0.15) is 61.8 Å². The van der Waals surface area contributed by atoms with Crippen molar-refractivity contribution < 1.29 is 0 Å². The Bertz CT molecular complexity index is 1140. The molecule has 1 aliphatic carbocycles. The molecule has 0 spiro atoms. The molecule has 2 heterocycles. The van der Waals surface area contributed by atoms with Crippen LogP contribution in [0.5, 0.6) is 0 Å². The van der Waals surface area contributed by atoms with Gasteiger partial charge in [-0.25, -0.2) is 0 Å². The number of benzene rings is 1. The molecule has 0 N–H and O–H groups in total. The maximum atomic E-state index is 4.61. The summed E-state index contributed by atoms with van der Waals surface area (Å²) < 4.78 is 0. The molecular weight excluding hydrogens is 405 g/mol. The van der Waals surface area contributed by atoms with Gasteiger partial charge in [0, 0.05) is 23.9 Å². The molecule has 0 aromatic heterocycles. The van der Waals surface area contributed by atoms with E-state index in [1.54, 1.807) is 0 Å². The van der Waals surface area contributed by atoms with Crippen LogP contribution in [0.2, 0.25) is 0 Å². The Hall–Kier alpha value is -2.37. The van der Waals surface area contributed by atoms with E-state index in [2.05, 4.69) is 79.4 Å². The van der Waals surface area contributed by atoms with Gasteiger partial charge in [0.15, 0.2) is 0 Å². The molecule has 4 rings (SSSR count). The van der Waals surface area contributed by atoms with E-state index in [4.69, 9.17) is 0 Å². The molecule has 1 saturated heterocycles. The molecule has 0 amide bonds. The maximum absolute atomic E-state index is 4.61. The molecule has 32 heavy (non-hydrogen) atoms. The van der Waals surface area contributed by atoms with Crippen molar-refractivity contribution in [2.75, 3.05) is 6.54 Å². The van der Waals surface area contributed by atoms with Crippen LogP contribution in [0.15, 0.2) is 77.7 Å². The summed E-state index contributed by atoms with van der Waals surface area (Å²) in [5.74, 6) is 0.171. The fourth-order valence-corrected chi connectivity index (χ4v) is 6.01. The van der Waals surface area contributed by atoms with Gasteiger partial charge >= 0.3 is 0 Å². The fourth-order valence-electron chi connectivity index (χ4n) is 5.74. The average Bonchev–Trinajstić information content (AvgIpc) is 3.10. The summed E-state index contributed by atoms with van der Waals surface area (Å²) in [4.78, 5) is 2.40. The average molecular weight is 442 g/mol. The largest absolute Gasteiger partial charge is 0.337 e. The van der Waals surface area contributed by atoms with Gasteiger partial charge in [0.25, 0.3) is 0 Å². The number of nitrogens with zero attached hydrogens (tertiary/aromatic N) is 1. The van der Waals surface area contributed by atoms with Gasteiger partial charge in [0.05, 0.1) is 0 Å². The summed E-state index contributed by atoms with van der Waals surface area (Å²) in [7, 11) is 3.79. The zero-order valence-electron chi connectivity index (χ0n) is 20.2. The second-order valence-electron chi connectivity index (χ2n) is 9.48. The molecule has 166 valence electrons. The van der Waals surface area contributed by atoms with E-state index in [0.717, 1.165) is 37.1 Å². The summed E-state index contributed by atoms with van der Waals surface area (Å²) in [6.45, 7) is 23.1. The molecule has 1 aromatic rings. The van der Waals surface area contributed by atoms with Crippen molar-refractivity contribution in [1.29, 1.82) is 0 Å². The quantitative estimate of drug-likeness (QED) is 0.331. The molecule has 1 aromatic carbocycles. The van der Waals surface area contributed by atoms with E-state index in [9.17, 15) is 0 Å². The van der Waals surface area contributed by atoms with Crippen molar-refractivity contribution in [2.45, 2.75) is 59.8 Å². The van der Waals surface area contributed by atoms with E-state index >= 15 is 0 Å². The molecule has 2 aliphatic heterocycles. The molecule has 1 fully saturated rings. The van der Waals surface area contributed by atoms with Gasteiger partial charge in [-0.3, -0.25) is 0 Å². The minimum Gasteiger partial charge on any atom is -0.337 e. The standard InChI is InChI=1S/C30H36NP/c1-8-11-25-21(6)31-17-28(20(5)29(31)16-27(25)23(9-2)22(7)32)26-13-10-12-24-18(3)14-15-19(4)30(24)26/h9,14-16,23,32H,2,5-6,8,10-13,17H2,1,3-4,7H3/b28-26-. The third kappa shape index (κ3) is 3.61. The van der Waals surface area contributed by atoms with Crippen LogP contribution in [-0.4, -0.2) is 16.7 Å². The lowest BCUT2D eigenvalue weighted by Crippen LogP contribution is -2.25. The van der Waals surface area contributed by atoms with Crippen LogP contribution >= 0.6 is 8.86 Å². The second kappa shape index (κ2) is 8.87. The summed E-state index contributed by atoms with van der Waals surface area (Å²) in [6, 6.07) is 4.56. The van der Waals surface area contributed by atoms with Gasteiger partial charge in [-0.2, -0.15) is 0 Å². The van der Waals surface area contributed by atoms with Crippen molar-refractivity contribution in [3.8, 4) is 0 Å². The van der Waals surface area contributed by atoms with Gasteiger partial charge in [-0.15, -0.1) is 15.4 Å². The third-order valence-electron chi connectivity index (χ3n) is 7.41. The molecule has 0 saturated carbocycles. The van der Waals surface area contributed by atoms with Gasteiger partial charge in [-0.05, 0) is 108 Å². The number of aryl methyl sites for hydroxylation is 2. The molecule has 1 nitrogen and oxygen atoms in total. The zero-order chi connectivity index (χ0) is 23.2. The molecular formula is C30H36NP. The predicted molar refractivity (Wildman–Crippen MR) is 143 cm³/mol. The van der Waals surface area contributed by atoms with E-state index in [1.165, 1.54) is 68.4 Å². The lowest BCUT2D eigenvalue weighted by molar-refractivity contribution is 0.503. The highest BCUT2D eigenvalue weighted by atomic mass is 31.0. The Morgan fingerprint density at radius 3 is 2.53 bits per heavy atom. The first-order chi connectivity index (χ1) is 15.3. The first-order valence-corrected chi connectivity index (χ1v) is 12.4. The highest BCUT2D eigenvalue weighted by molar-refractivity contribution is 7.21. The lowest BCUT2D eigenvalue weighted by atomic mass is 9.79. The smallest absolute Gasteiger partial charge is 0.0491 e. The Kier molecular flexibility index (Phi) is 6.33. The van der Waals surface area contributed by atoms with Gasteiger partial charge < -0.3 is 4.90 Å². The normalized spacial score (nSPS) is 21.4. The van der Waals surface area contributed by atoms with Crippen LogP contribution < -0.4 is 0 Å². The van der Waals surface area contributed by atoms with Gasteiger partial charge in [-0.1, -0.05) is 44.7 Å². The maximum Gasteiger partial charge on any atom is 0.0491 e. The number of rotatable bonds is 5. The van der Waals surface area contributed by atoms with Crippen LogP contribution in [0, 0.1) is 19.8 Å². The summed E-state index contributed by atoms with van der Waals surface area (Å²) in [5, 5.41) is 1.18.